The molecule has 2 aliphatic heterocycles. The molecule has 7 rings (SSSR count). The van der Waals surface area contributed by atoms with Crippen LogP contribution in [0.5, 0.6) is 0 Å². The molecule has 1 saturated carbocycles. The third-order valence-corrected chi connectivity index (χ3v) is 9.45. The summed E-state index contributed by atoms with van der Waals surface area (Å²) in [7, 11) is 0. The van der Waals surface area contributed by atoms with E-state index >= 15 is 0 Å². The van der Waals surface area contributed by atoms with Crippen LogP contribution in [0, 0.1) is 28.6 Å². The molecule has 16 nitrogen and oxygen atoms in total. The molecule has 0 spiro atoms. The molecule has 3 fully saturated rings. The summed E-state index contributed by atoms with van der Waals surface area (Å²) < 4.78 is 82.3. The van der Waals surface area contributed by atoms with Crippen LogP contribution in [0.15, 0.2) is 34.0 Å². The molecule has 3 aliphatic rings. The molecule has 4 atom stereocenters. The van der Waals surface area contributed by atoms with Crippen molar-refractivity contribution in [1.82, 2.24) is 39.4 Å². The molecule has 7 N–H and O–H groups in total. The van der Waals surface area contributed by atoms with E-state index in [4.69, 9.17) is 25.2 Å². The molecule has 18 heteroatoms. The van der Waals surface area contributed by atoms with Gasteiger partial charge in [-0.25, -0.2) is 19.0 Å². The largest absolute Gasteiger partial charge is 0.377 e. The third kappa shape index (κ3) is 6.79. The zero-order valence-corrected chi connectivity index (χ0v) is 28.7. The number of likely N-dealkylation sites (tertiary alicyclic amines) is 1. The maximum Gasteiger partial charge on any atom is 0.252 e. The number of carbonyl (C=O) groups is 3. The van der Waals surface area contributed by atoms with E-state index in [2.05, 4.69) is 68.0 Å². The molecule has 4 aromatic heterocycles. The topological polar surface area (TPSA) is 227 Å². The van der Waals surface area contributed by atoms with Gasteiger partial charge >= 0.3 is 0 Å². The van der Waals surface area contributed by atoms with Crippen LogP contribution in [0.1, 0.15) is 73.7 Å². The molecule has 1 aliphatic carbocycles. The van der Waals surface area contributed by atoms with Crippen LogP contribution >= 0.6 is 31.9 Å². The summed E-state index contributed by atoms with van der Waals surface area (Å²) >= 11 is 6.47. The third-order valence-electron chi connectivity index (χ3n) is 8.68. The minimum atomic E-state index is -2.97. The Morgan fingerprint density at radius 3 is 2.02 bits per heavy atom. The van der Waals surface area contributed by atoms with Crippen molar-refractivity contribution in [2.24, 2.45) is 28.7 Å². The molecule has 258 valence electrons. The highest BCUT2D eigenvalue weighted by atomic mass is 79.9. The zero-order valence-electron chi connectivity index (χ0n) is 35.6. The number of imidazole rings is 2. The lowest BCUT2D eigenvalue weighted by Gasteiger charge is -2.21. The number of nitrogens with one attached hydrogen (secondary N) is 3. The maximum atomic E-state index is 13.0. The fourth-order valence-corrected chi connectivity index (χ4v) is 6.61. The number of aromatic nitrogens is 6. The Morgan fingerprint density at radius 1 is 0.959 bits per heavy atom. The predicted molar refractivity (Wildman–Crippen MR) is 188 cm³/mol. The second-order valence-electron chi connectivity index (χ2n) is 11.8. The number of nitriles is 1. The van der Waals surface area contributed by atoms with Crippen molar-refractivity contribution in [1.29, 1.82) is 5.26 Å². The van der Waals surface area contributed by atoms with E-state index in [0.717, 1.165) is 0 Å². The number of anilines is 2. The van der Waals surface area contributed by atoms with Gasteiger partial charge in [0.25, 0.3) is 11.8 Å². The second-order valence-corrected chi connectivity index (χ2v) is 13.4. The number of halogens is 2. The number of rotatable bonds is 9. The summed E-state index contributed by atoms with van der Waals surface area (Å²) in [5, 5.41) is 26.7. The Morgan fingerprint density at radius 2 is 1.51 bits per heavy atom. The van der Waals surface area contributed by atoms with Crippen molar-refractivity contribution < 1.29 is 28.1 Å². The minimum absolute atomic E-state index is 0.0192. The van der Waals surface area contributed by atoms with Gasteiger partial charge in [-0.1, -0.05) is 20.1 Å². The number of amides is 3. The number of hydrogen-bond donors (Lipinski definition) is 5. The van der Waals surface area contributed by atoms with Gasteiger partial charge in [-0.2, -0.15) is 15.5 Å². The lowest BCUT2D eigenvalue weighted by atomic mass is 10.0. The van der Waals surface area contributed by atoms with Gasteiger partial charge < -0.3 is 32.3 Å². The molecule has 6 heterocycles. The van der Waals surface area contributed by atoms with Crippen LogP contribution in [0.4, 0.5) is 11.4 Å². The van der Waals surface area contributed by atoms with Crippen LogP contribution in [-0.2, 0) is 4.79 Å². The highest BCUT2D eigenvalue weighted by molar-refractivity contribution is 9.10. The molecule has 0 aromatic carbocycles. The SMILES string of the molecule is [2H]C([2H])([2H])C([2H])([2H])[C@H]1CN(C(=O)C2(C#N)CC2)C[C@H]1Nc1c(C(N)=O)cnn2cc(Br)nc12.[2H]C([2H])([2H])C([2H])([2H])[C@H]1CNC[C@H]1Nc1c(C(N)=O)cnn2cc(Br)nc12. The quantitative estimate of drug-likeness (QED) is 0.165. The summed E-state index contributed by atoms with van der Waals surface area (Å²) in [5.74, 6) is -3.99. The first-order valence-corrected chi connectivity index (χ1v) is 16.5. The Kier molecular flexibility index (Phi) is 6.78. The van der Waals surface area contributed by atoms with Gasteiger partial charge in [0.1, 0.15) is 14.6 Å². The van der Waals surface area contributed by atoms with E-state index in [1.165, 1.54) is 26.3 Å². The Labute approximate surface area is 312 Å². The van der Waals surface area contributed by atoms with Crippen molar-refractivity contribution >= 4 is 72.3 Å². The fraction of sp³-hybridized carbons (Fsp3) is 0.484. The summed E-state index contributed by atoms with van der Waals surface area (Å²) in [5.41, 5.74) is 10.8. The first-order chi connectivity index (χ1) is 27.3. The van der Waals surface area contributed by atoms with E-state index in [1.807, 2.05) is 6.07 Å². The van der Waals surface area contributed by atoms with Crippen LogP contribution in [0.3, 0.4) is 0 Å². The molecule has 3 amide bonds. The van der Waals surface area contributed by atoms with Crippen molar-refractivity contribution in [2.75, 3.05) is 36.8 Å². The molecule has 2 saturated heterocycles. The lowest BCUT2D eigenvalue weighted by Crippen LogP contribution is -2.36. The highest BCUT2D eigenvalue weighted by Crippen LogP contribution is 2.47. The molecule has 0 radical (unpaired) electrons. The fourth-order valence-electron chi connectivity index (χ4n) is 5.89. The summed E-state index contributed by atoms with van der Waals surface area (Å²) in [6.07, 6.45) is 1.39. The number of nitrogens with two attached hydrogens (primary N) is 2. The molecular formula is C31H37Br2N13O3. The lowest BCUT2D eigenvalue weighted by molar-refractivity contribution is -0.134. The summed E-state index contributed by atoms with van der Waals surface area (Å²) in [4.78, 5) is 46.7. The average Bonchev–Trinajstić information content (AvgIpc) is 3.48. The molecule has 4 aromatic rings. The molecular weight excluding hydrogens is 762 g/mol. The van der Waals surface area contributed by atoms with Gasteiger partial charge in [-0.3, -0.25) is 14.4 Å². The van der Waals surface area contributed by atoms with Crippen LogP contribution in [0.2, 0.25) is 0 Å². The van der Waals surface area contributed by atoms with Gasteiger partial charge in [-0.15, -0.1) is 0 Å². The summed E-state index contributed by atoms with van der Waals surface area (Å²) in [6, 6.07) is 0.541. The second kappa shape index (κ2) is 13.9. The van der Waals surface area contributed by atoms with E-state index in [9.17, 15) is 19.6 Å². The van der Waals surface area contributed by atoms with Crippen molar-refractivity contribution in [3.63, 3.8) is 0 Å². The monoisotopic (exact) mass is 807 g/mol. The van der Waals surface area contributed by atoms with Crippen molar-refractivity contribution in [3.8, 4) is 6.07 Å². The Balaban J connectivity index is 0.000000204. The highest BCUT2D eigenvalue weighted by Gasteiger charge is 2.54. The number of primary amides is 2. The predicted octanol–water partition coefficient (Wildman–Crippen LogP) is 2.54. The maximum absolute atomic E-state index is 13.0. The van der Waals surface area contributed by atoms with Crippen LogP contribution < -0.4 is 27.4 Å². The van der Waals surface area contributed by atoms with Crippen molar-refractivity contribution in [2.45, 2.75) is 51.4 Å². The number of carbonyl (C=O) groups excluding carboxylic acids is 3. The summed E-state index contributed by atoms with van der Waals surface area (Å²) in [6.45, 7) is -5.49. The van der Waals surface area contributed by atoms with Gasteiger partial charge in [-0.05, 0) is 62.9 Å². The first-order valence-electron chi connectivity index (χ1n) is 19.9. The number of hydrogen-bond acceptors (Lipinski definition) is 11. The minimum Gasteiger partial charge on any atom is -0.377 e. The Bertz CT molecular complexity index is 2360. The number of fused-ring (bicyclic) bond motifs is 2. The smallest absolute Gasteiger partial charge is 0.252 e. The van der Waals surface area contributed by atoms with Gasteiger partial charge in [0.2, 0.25) is 5.91 Å². The van der Waals surface area contributed by atoms with Crippen LogP contribution in [-0.4, -0.2) is 90.1 Å². The van der Waals surface area contributed by atoms with Gasteiger partial charge in [0.05, 0.1) is 53.4 Å². The van der Waals surface area contributed by atoms with Gasteiger partial charge in [0, 0.05) is 52.0 Å². The van der Waals surface area contributed by atoms with Gasteiger partial charge in [0.15, 0.2) is 11.3 Å². The first kappa shape index (κ1) is 23.9. The number of nitrogens with zero attached hydrogens (tertiary/aromatic N) is 8. The Hall–Kier alpha value is -4.34. The van der Waals surface area contributed by atoms with Crippen molar-refractivity contribution in [3.05, 3.63) is 45.1 Å². The average molecular weight is 810 g/mol. The van der Waals surface area contributed by atoms with Crippen LogP contribution in [0.25, 0.3) is 11.3 Å². The van der Waals surface area contributed by atoms with E-state index < -0.39 is 73.5 Å². The van der Waals surface area contributed by atoms with E-state index in [-0.39, 0.29) is 42.1 Å². The van der Waals surface area contributed by atoms with E-state index in [1.54, 1.807) is 12.4 Å². The molecule has 0 bridgehead atoms. The molecule has 0 unspecified atom stereocenters. The molecule has 49 heavy (non-hydrogen) atoms. The zero-order chi connectivity index (χ0) is 43.6. The normalized spacial score (nSPS) is 26.5. The standard InChI is InChI=1S/C18H20BrN7O2.C13H17BrN6O/c1-2-10-6-25(17(28)18(9-20)3-4-18)7-12(10)23-14-11(15(21)27)5-22-26-8-13(19)24-16(14)26;1-2-7-3-16-5-9(7)18-11-8(12(15)21)4-17-20-6-10(14)19-13(11)20/h5,8,10,12,23H,2-4,6-7H2,1H3,(H2,21,27);4,6-7,9,16,18H,2-3,5H2,1H3,(H2,15,21)/t10-,12+;7-,9+/m00/s1/i2*1D3,2D2. The van der Waals surface area contributed by atoms with E-state index in [0.29, 0.717) is 39.9 Å².